The number of nitrogens with zero attached hydrogens (tertiary/aromatic N) is 2. The van der Waals surface area contributed by atoms with Crippen molar-refractivity contribution >= 4 is 11.7 Å². The smallest absolute Gasteiger partial charge is 0.319 e. The molecule has 4 N–H and O–H groups in total. The van der Waals surface area contributed by atoms with E-state index in [1.54, 1.807) is 24.5 Å². The van der Waals surface area contributed by atoms with Crippen molar-refractivity contribution in [2.24, 2.45) is 5.73 Å². The maximum Gasteiger partial charge on any atom is 0.319 e. The van der Waals surface area contributed by atoms with Gasteiger partial charge in [0.05, 0.1) is 17.7 Å². The standard InChI is InChI=1S/C17H21N5O/c1-3-20-17(23)21-15-9-12(10-18)5-7-14(15)16-8-6-13(11-19)22(16)4-2/h4-5,7,9,11,16H,2-3,6,8,19H2,1H3,(H2,20,21,23)/b13-11-. The van der Waals surface area contributed by atoms with E-state index in [9.17, 15) is 4.79 Å². The van der Waals surface area contributed by atoms with E-state index < -0.39 is 0 Å². The quantitative estimate of drug-likeness (QED) is 0.797. The molecule has 1 aromatic carbocycles. The van der Waals surface area contributed by atoms with E-state index in [1.165, 1.54) is 0 Å². The second-order valence-corrected chi connectivity index (χ2v) is 5.20. The first-order chi connectivity index (χ1) is 11.1. The molecule has 0 aliphatic carbocycles. The summed E-state index contributed by atoms with van der Waals surface area (Å²) in [7, 11) is 0. The van der Waals surface area contributed by atoms with E-state index >= 15 is 0 Å². The van der Waals surface area contributed by atoms with Crippen LogP contribution in [0.25, 0.3) is 0 Å². The molecule has 2 rings (SSSR count). The summed E-state index contributed by atoms with van der Waals surface area (Å²) in [6.45, 7) is 6.23. The van der Waals surface area contributed by atoms with Crippen molar-refractivity contribution in [3.63, 3.8) is 0 Å². The van der Waals surface area contributed by atoms with E-state index in [-0.39, 0.29) is 12.1 Å². The Morgan fingerprint density at radius 1 is 1.61 bits per heavy atom. The van der Waals surface area contributed by atoms with Gasteiger partial charge in [0.25, 0.3) is 0 Å². The fourth-order valence-corrected chi connectivity index (χ4v) is 2.82. The topological polar surface area (TPSA) is 94.2 Å². The number of allylic oxidation sites excluding steroid dienone is 1. The number of amides is 2. The van der Waals surface area contributed by atoms with Gasteiger partial charge < -0.3 is 21.3 Å². The zero-order valence-electron chi connectivity index (χ0n) is 13.2. The lowest BCUT2D eigenvalue weighted by atomic mass is 10.0. The third-order valence-corrected chi connectivity index (χ3v) is 3.86. The average molecular weight is 311 g/mol. The number of nitrogens with two attached hydrogens (primary N) is 1. The van der Waals surface area contributed by atoms with Gasteiger partial charge in [-0.3, -0.25) is 0 Å². The SMILES string of the molecule is C=CN1/C(=C\N)CCC1c1ccc(C#N)cc1NC(=O)NCC. The molecule has 1 aliphatic rings. The molecule has 6 nitrogen and oxygen atoms in total. The molecule has 2 amide bonds. The van der Waals surface area contributed by atoms with Crippen LogP contribution in [0.3, 0.4) is 0 Å². The zero-order valence-corrected chi connectivity index (χ0v) is 13.2. The van der Waals surface area contributed by atoms with Crippen molar-refractivity contribution < 1.29 is 4.79 Å². The van der Waals surface area contributed by atoms with Gasteiger partial charge in [-0.1, -0.05) is 12.6 Å². The Morgan fingerprint density at radius 3 is 3.00 bits per heavy atom. The highest BCUT2D eigenvalue weighted by Gasteiger charge is 2.29. The van der Waals surface area contributed by atoms with Gasteiger partial charge in [0.1, 0.15) is 0 Å². The van der Waals surface area contributed by atoms with Gasteiger partial charge in [-0.2, -0.15) is 5.26 Å². The molecule has 1 saturated heterocycles. The number of carbonyl (C=O) groups excluding carboxylic acids is 1. The molecule has 1 unspecified atom stereocenters. The van der Waals surface area contributed by atoms with Crippen molar-refractivity contribution in [3.8, 4) is 6.07 Å². The number of urea groups is 1. The molecule has 0 bridgehead atoms. The molecule has 1 heterocycles. The number of likely N-dealkylation sites (tertiary alicyclic amines) is 1. The Labute approximate surface area is 136 Å². The Morgan fingerprint density at radius 2 is 2.39 bits per heavy atom. The maximum absolute atomic E-state index is 11.9. The lowest BCUT2D eigenvalue weighted by molar-refractivity contribution is 0.252. The van der Waals surface area contributed by atoms with Gasteiger partial charge in [-0.05, 0) is 43.7 Å². The minimum absolute atomic E-state index is 0.0342. The van der Waals surface area contributed by atoms with Crippen LogP contribution in [0.4, 0.5) is 10.5 Å². The predicted molar refractivity (Wildman–Crippen MR) is 90.1 cm³/mol. The number of carbonyl (C=O) groups is 1. The van der Waals surface area contributed by atoms with Gasteiger partial charge in [-0.15, -0.1) is 0 Å². The van der Waals surface area contributed by atoms with E-state index in [4.69, 9.17) is 11.0 Å². The van der Waals surface area contributed by atoms with Gasteiger partial charge >= 0.3 is 6.03 Å². The van der Waals surface area contributed by atoms with Crippen LogP contribution >= 0.6 is 0 Å². The van der Waals surface area contributed by atoms with Gasteiger partial charge in [0, 0.05) is 24.1 Å². The van der Waals surface area contributed by atoms with Crippen molar-refractivity contribution in [2.75, 3.05) is 11.9 Å². The summed E-state index contributed by atoms with van der Waals surface area (Å²) < 4.78 is 0. The molecular formula is C17H21N5O. The molecule has 23 heavy (non-hydrogen) atoms. The van der Waals surface area contributed by atoms with Crippen LogP contribution in [0, 0.1) is 11.3 Å². The van der Waals surface area contributed by atoms with Crippen molar-refractivity contribution in [2.45, 2.75) is 25.8 Å². The summed E-state index contributed by atoms with van der Waals surface area (Å²) >= 11 is 0. The first-order valence-electron chi connectivity index (χ1n) is 7.55. The summed E-state index contributed by atoms with van der Waals surface area (Å²) in [6.07, 6.45) is 5.03. The normalized spacial score (nSPS) is 18.5. The summed E-state index contributed by atoms with van der Waals surface area (Å²) in [5.74, 6) is 0. The molecule has 1 aromatic rings. The van der Waals surface area contributed by atoms with E-state index in [0.29, 0.717) is 17.8 Å². The van der Waals surface area contributed by atoms with Crippen LogP contribution in [-0.2, 0) is 0 Å². The second kappa shape index (κ2) is 7.36. The van der Waals surface area contributed by atoms with E-state index in [0.717, 1.165) is 24.1 Å². The van der Waals surface area contributed by atoms with Gasteiger partial charge in [-0.25, -0.2) is 4.79 Å². The molecule has 1 fully saturated rings. The number of hydrogen-bond donors (Lipinski definition) is 3. The Hall–Kier alpha value is -2.94. The largest absolute Gasteiger partial charge is 0.403 e. The summed E-state index contributed by atoms with van der Waals surface area (Å²) in [5.41, 5.74) is 8.73. The molecule has 0 spiro atoms. The highest BCUT2D eigenvalue weighted by molar-refractivity contribution is 5.90. The van der Waals surface area contributed by atoms with Crippen LogP contribution in [0.15, 0.2) is 42.9 Å². The number of nitrogens with one attached hydrogen (secondary N) is 2. The maximum atomic E-state index is 11.9. The lowest BCUT2D eigenvalue weighted by Crippen LogP contribution is -2.29. The minimum Gasteiger partial charge on any atom is -0.403 e. The van der Waals surface area contributed by atoms with Crippen LogP contribution in [-0.4, -0.2) is 17.5 Å². The highest BCUT2D eigenvalue weighted by atomic mass is 16.2. The first kappa shape index (κ1) is 16.4. The van der Waals surface area contributed by atoms with E-state index in [2.05, 4.69) is 23.3 Å². The third-order valence-electron chi connectivity index (χ3n) is 3.86. The van der Waals surface area contributed by atoms with Gasteiger partial charge in [0.2, 0.25) is 0 Å². The fraction of sp³-hybridized carbons (Fsp3) is 0.294. The molecule has 6 heteroatoms. The summed E-state index contributed by atoms with van der Waals surface area (Å²) in [6, 6.07) is 7.16. The number of anilines is 1. The monoisotopic (exact) mass is 311 g/mol. The molecule has 1 atom stereocenters. The Kier molecular flexibility index (Phi) is 5.26. The van der Waals surface area contributed by atoms with E-state index in [1.807, 2.05) is 17.9 Å². The molecule has 120 valence electrons. The van der Waals surface area contributed by atoms with Crippen LogP contribution in [0.2, 0.25) is 0 Å². The molecular weight excluding hydrogens is 290 g/mol. The van der Waals surface area contributed by atoms with Crippen LogP contribution in [0.1, 0.15) is 36.9 Å². The Balaban J connectivity index is 2.39. The highest BCUT2D eigenvalue weighted by Crippen LogP contribution is 2.41. The van der Waals surface area contributed by atoms with Crippen molar-refractivity contribution in [1.29, 1.82) is 5.26 Å². The third kappa shape index (κ3) is 3.46. The molecule has 1 aliphatic heterocycles. The number of rotatable bonds is 4. The van der Waals surface area contributed by atoms with Gasteiger partial charge in [0.15, 0.2) is 0 Å². The zero-order chi connectivity index (χ0) is 16.8. The summed E-state index contributed by atoms with van der Waals surface area (Å²) in [4.78, 5) is 13.9. The fourth-order valence-electron chi connectivity index (χ4n) is 2.82. The van der Waals surface area contributed by atoms with Crippen molar-refractivity contribution in [1.82, 2.24) is 10.2 Å². The molecule has 0 saturated carbocycles. The molecule has 0 aromatic heterocycles. The first-order valence-corrected chi connectivity index (χ1v) is 7.55. The second-order valence-electron chi connectivity index (χ2n) is 5.20. The van der Waals surface area contributed by atoms with Crippen LogP contribution in [0.5, 0.6) is 0 Å². The number of hydrogen-bond acceptors (Lipinski definition) is 4. The summed E-state index contributed by atoms with van der Waals surface area (Å²) in [5, 5.41) is 14.6. The number of nitriles is 1. The minimum atomic E-state index is -0.290. The number of benzene rings is 1. The van der Waals surface area contributed by atoms with Crippen molar-refractivity contribution in [3.05, 3.63) is 54.0 Å². The average Bonchev–Trinajstić information content (AvgIpc) is 2.97. The predicted octanol–water partition coefficient (Wildman–Crippen LogP) is 2.78. The Bertz CT molecular complexity index is 674. The molecule has 0 radical (unpaired) electrons. The lowest BCUT2D eigenvalue weighted by Gasteiger charge is -2.26. The van der Waals surface area contributed by atoms with Crippen LogP contribution < -0.4 is 16.4 Å².